The van der Waals surface area contributed by atoms with Gasteiger partial charge in [0.2, 0.25) is 0 Å². The standard InChI is InChI=1S/C19H17N7S/c1-12-14(10-21)4-5-16(23-12)25-18-17-15(6-7-22-18)24-19(27-17)26-8-2-3-13(9-20)11-26/h4-7,13H,2-3,8,11H2,1H3,(H,22,23,25). The number of fused-ring (bicyclic) bond motifs is 1. The largest absolute Gasteiger partial charge is 0.347 e. The van der Waals surface area contributed by atoms with E-state index in [9.17, 15) is 5.26 Å². The molecule has 0 bridgehead atoms. The van der Waals surface area contributed by atoms with Gasteiger partial charge in [-0.3, -0.25) is 0 Å². The third-order valence-corrected chi connectivity index (χ3v) is 5.76. The second-order valence-electron chi connectivity index (χ2n) is 6.48. The van der Waals surface area contributed by atoms with E-state index in [1.807, 2.05) is 13.0 Å². The number of piperidine rings is 1. The van der Waals surface area contributed by atoms with Gasteiger partial charge in [0.1, 0.15) is 11.9 Å². The van der Waals surface area contributed by atoms with Gasteiger partial charge < -0.3 is 10.2 Å². The van der Waals surface area contributed by atoms with E-state index in [2.05, 4.69) is 32.3 Å². The summed E-state index contributed by atoms with van der Waals surface area (Å²) in [6.45, 7) is 3.46. The molecule has 7 nitrogen and oxygen atoms in total. The van der Waals surface area contributed by atoms with Crippen molar-refractivity contribution in [1.29, 1.82) is 10.5 Å². The van der Waals surface area contributed by atoms with E-state index in [0.717, 1.165) is 41.3 Å². The summed E-state index contributed by atoms with van der Waals surface area (Å²) >= 11 is 1.57. The van der Waals surface area contributed by atoms with Crippen LogP contribution in [0.1, 0.15) is 24.1 Å². The highest BCUT2D eigenvalue weighted by molar-refractivity contribution is 7.22. The molecule has 4 rings (SSSR count). The lowest BCUT2D eigenvalue weighted by molar-refractivity contribution is 0.493. The van der Waals surface area contributed by atoms with E-state index in [4.69, 9.17) is 10.2 Å². The highest BCUT2D eigenvalue weighted by Gasteiger charge is 2.22. The SMILES string of the molecule is Cc1nc(Nc2nccc3nc(N4CCCC(C#N)C4)sc23)ccc1C#N. The third kappa shape index (κ3) is 3.40. The van der Waals surface area contributed by atoms with Crippen molar-refractivity contribution in [3.63, 3.8) is 0 Å². The van der Waals surface area contributed by atoms with Crippen LogP contribution in [0.2, 0.25) is 0 Å². The van der Waals surface area contributed by atoms with Crippen molar-refractivity contribution in [3.05, 3.63) is 35.7 Å². The number of pyridine rings is 2. The van der Waals surface area contributed by atoms with Gasteiger partial charge in [-0.2, -0.15) is 10.5 Å². The van der Waals surface area contributed by atoms with Crippen LogP contribution in [0.4, 0.5) is 16.8 Å². The van der Waals surface area contributed by atoms with Gasteiger partial charge in [0.05, 0.1) is 33.5 Å². The number of nitrogens with zero attached hydrogens (tertiary/aromatic N) is 6. The van der Waals surface area contributed by atoms with Crippen molar-refractivity contribution in [3.8, 4) is 12.1 Å². The number of aromatic nitrogens is 3. The van der Waals surface area contributed by atoms with E-state index in [-0.39, 0.29) is 5.92 Å². The molecule has 27 heavy (non-hydrogen) atoms. The summed E-state index contributed by atoms with van der Waals surface area (Å²) in [5.41, 5.74) is 2.11. The van der Waals surface area contributed by atoms with Gasteiger partial charge in [-0.1, -0.05) is 11.3 Å². The lowest BCUT2D eigenvalue weighted by Crippen LogP contribution is -2.34. The molecule has 3 aromatic rings. The van der Waals surface area contributed by atoms with Gasteiger partial charge in [-0.15, -0.1) is 0 Å². The normalized spacial score (nSPS) is 16.7. The Bertz CT molecular complexity index is 1080. The number of hydrogen-bond acceptors (Lipinski definition) is 8. The van der Waals surface area contributed by atoms with Crippen LogP contribution in [0, 0.1) is 35.5 Å². The minimum Gasteiger partial charge on any atom is -0.347 e. The quantitative estimate of drug-likeness (QED) is 0.744. The summed E-state index contributed by atoms with van der Waals surface area (Å²) < 4.78 is 0.954. The topological polar surface area (TPSA) is 102 Å². The lowest BCUT2D eigenvalue weighted by Gasteiger charge is -2.28. The first-order valence-corrected chi connectivity index (χ1v) is 9.54. The molecule has 0 aromatic carbocycles. The Morgan fingerprint density at radius 3 is 2.93 bits per heavy atom. The van der Waals surface area contributed by atoms with Crippen LogP contribution >= 0.6 is 11.3 Å². The number of anilines is 3. The van der Waals surface area contributed by atoms with Gasteiger partial charge in [-0.05, 0) is 38.0 Å². The maximum absolute atomic E-state index is 9.22. The molecule has 4 heterocycles. The molecule has 1 N–H and O–H groups in total. The fraction of sp³-hybridized carbons (Fsp3) is 0.316. The van der Waals surface area contributed by atoms with Crippen LogP contribution in [0.3, 0.4) is 0 Å². The molecule has 1 fully saturated rings. The second kappa shape index (κ2) is 7.18. The van der Waals surface area contributed by atoms with Crippen LogP contribution in [-0.4, -0.2) is 28.0 Å². The van der Waals surface area contributed by atoms with Crippen molar-refractivity contribution in [2.45, 2.75) is 19.8 Å². The molecule has 0 amide bonds. The fourth-order valence-corrected chi connectivity index (χ4v) is 4.23. The molecule has 1 saturated heterocycles. The first-order chi connectivity index (χ1) is 13.2. The average molecular weight is 375 g/mol. The van der Waals surface area contributed by atoms with E-state index >= 15 is 0 Å². The Labute approximate surface area is 160 Å². The van der Waals surface area contributed by atoms with Crippen molar-refractivity contribution in [2.75, 3.05) is 23.3 Å². The van der Waals surface area contributed by atoms with Crippen molar-refractivity contribution < 1.29 is 0 Å². The number of thiazole rings is 1. The molecule has 0 spiro atoms. The van der Waals surface area contributed by atoms with Crippen molar-refractivity contribution in [2.24, 2.45) is 5.92 Å². The molecule has 3 aromatic heterocycles. The second-order valence-corrected chi connectivity index (χ2v) is 7.46. The summed E-state index contributed by atoms with van der Waals surface area (Å²) in [4.78, 5) is 15.8. The lowest BCUT2D eigenvalue weighted by atomic mass is 10.0. The van der Waals surface area contributed by atoms with Crippen molar-refractivity contribution >= 4 is 38.3 Å². The Kier molecular flexibility index (Phi) is 4.57. The van der Waals surface area contributed by atoms with Crippen LogP contribution < -0.4 is 10.2 Å². The average Bonchev–Trinajstić information content (AvgIpc) is 3.14. The van der Waals surface area contributed by atoms with E-state index in [1.54, 1.807) is 29.7 Å². The molecule has 8 heteroatoms. The molecule has 134 valence electrons. The van der Waals surface area contributed by atoms with Crippen LogP contribution in [0.15, 0.2) is 24.4 Å². The first kappa shape index (κ1) is 17.2. The summed E-state index contributed by atoms with van der Waals surface area (Å²) in [5, 5.41) is 22.4. The minimum atomic E-state index is 0.0623. The predicted octanol–water partition coefficient (Wildman–Crippen LogP) is 3.75. The summed E-state index contributed by atoms with van der Waals surface area (Å²) in [6, 6.07) is 9.91. The maximum Gasteiger partial charge on any atom is 0.186 e. The monoisotopic (exact) mass is 375 g/mol. The van der Waals surface area contributed by atoms with E-state index in [0.29, 0.717) is 22.9 Å². The molecule has 0 radical (unpaired) electrons. The minimum absolute atomic E-state index is 0.0623. The smallest absolute Gasteiger partial charge is 0.186 e. The summed E-state index contributed by atoms with van der Waals surface area (Å²) in [6.07, 6.45) is 3.68. The van der Waals surface area contributed by atoms with Gasteiger partial charge in [0.15, 0.2) is 10.9 Å². The van der Waals surface area contributed by atoms with Crippen LogP contribution in [0.5, 0.6) is 0 Å². The Balaban J connectivity index is 1.65. The molecule has 0 saturated carbocycles. The van der Waals surface area contributed by atoms with Crippen LogP contribution in [0.25, 0.3) is 10.2 Å². The van der Waals surface area contributed by atoms with Gasteiger partial charge in [0, 0.05) is 19.3 Å². The zero-order valence-electron chi connectivity index (χ0n) is 14.8. The number of rotatable bonds is 3. The predicted molar refractivity (Wildman–Crippen MR) is 105 cm³/mol. The number of nitriles is 2. The summed E-state index contributed by atoms with van der Waals surface area (Å²) in [7, 11) is 0. The Morgan fingerprint density at radius 1 is 1.26 bits per heavy atom. The van der Waals surface area contributed by atoms with Gasteiger partial charge >= 0.3 is 0 Å². The molecule has 0 aliphatic carbocycles. The molecular formula is C19H17N7S. The Morgan fingerprint density at radius 2 is 2.15 bits per heavy atom. The van der Waals surface area contributed by atoms with Gasteiger partial charge in [-0.25, -0.2) is 15.0 Å². The molecule has 1 atom stereocenters. The summed E-state index contributed by atoms with van der Waals surface area (Å²) in [5.74, 6) is 1.40. The molecule has 1 unspecified atom stereocenters. The van der Waals surface area contributed by atoms with E-state index < -0.39 is 0 Å². The zero-order chi connectivity index (χ0) is 18.8. The number of aryl methyl sites for hydroxylation is 1. The molecular weight excluding hydrogens is 358 g/mol. The van der Waals surface area contributed by atoms with Crippen molar-refractivity contribution in [1.82, 2.24) is 15.0 Å². The Hall–Kier alpha value is -3.23. The highest BCUT2D eigenvalue weighted by atomic mass is 32.1. The maximum atomic E-state index is 9.22. The van der Waals surface area contributed by atoms with Gasteiger partial charge in [0.25, 0.3) is 0 Å². The third-order valence-electron chi connectivity index (χ3n) is 4.62. The highest BCUT2D eigenvalue weighted by Crippen LogP contribution is 2.35. The number of hydrogen-bond donors (Lipinski definition) is 1. The fourth-order valence-electron chi connectivity index (χ4n) is 3.19. The van der Waals surface area contributed by atoms with Crippen LogP contribution in [-0.2, 0) is 0 Å². The zero-order valence-corrected chi connectivity index (χ0v) is 15.6. The molecule has 1 aliphatic heterocycles. The van der Waals surface area contributed by atoms with E-state index in [1.165, 1.54) is 0 Å². The molecule has 1 aliphatic rings. The first-order valence-electron chi connectivity index (χ1n) is 8.73. The number of nitrogens with one attached hydrogen (secondary N) is 1.